The van der Waals surface area contributed by atoms with Crippen molar-refractivity contribution in [3.05, 3.63) is 65.2 Å². The van der Waals surface area contributed by atoms with Crippen LogP contribution in [0.15, 0.2) is 48.5 Å². The Kier molecular flexibility index (Phi) is 8.60. The van der Waals surface area contributed by atoms with Gasteiger partial charge in [0.1, 0.15) is 6.61 Å². The summed E-state index contributed by atoms with van der Waals surface area (Å²) >= 11 is 0. The number of methoxy groups -OCH3 is 2. The van der Waals surface area contributed by atoms with Gasteiger partial charge < -0.3 is 24.8 Å². The Hall–Kier alpha value is -3.65. The van der Waals surface area contributed by atoms with E-state index in [2.05, 4.69) is 45.7 Å². The van der Waals surface area contributed by atoms with Crippen molar-refractivity contribution in [1.29, 1.82) is 0 Å². The first-order valence-corrected chi connectivity index (χ1v) is 10.7. The Morgan fingerprint density at radius 1 is 0.939 bits per heavy atom. The molecule has 0 aliphatic rings. The predicted octanol–water partition coefficient (Wildman–Crippen LogP) is 3.27. The molecule has 3 rings (SSSR count). The predicted molar refractivity (Wildman–Crippen MR) is 126 cm³/mol. The van der Waals surface area contributed by atoms with Gasteiger partial charge in [-0.25, -0.2) is 0 Å². The third kappa shape index (κ3) is 6.43. The highest BCUT2D eigenvalue weighted by Gasteiger charge is 2.17. The van der Waals surface area contributed by atoms with E-state index in [1.54, 1.807) is 14.2 Å². The van der Waals surface area contributed by atoms with Crippen molar-refractivity contribution in [3.63, 3.8) is 0 Å². The van der Waals surface area contributed by atoms with E-state index in [0.29, 0.717) is 43.6 Å². The van der Waals surface area contributed by atoms with Gasteiger partial charge in [0, 0.05) is 26.6 Å². The van der Waals surface area contributed by atoms with E-state index in [9.17, 15) is 4.79 Å². The molecule has 1 aromatic heterocycles. The molecular weight excluding hydrogens is 420 g/mol. The first-order chi connectivity index (χ1) is 16.0. The Labute approximate surface area is 194 Å². The number of ether oxygens (including phenoxy) is 3. The molecule has 3 aromatic rings. The van der Waals surface area contributed by atoms with Crippen molar-refractivity contribution in [1.82, 2.24) is 20.6 Å². The van der Waals surface area contributed by atoms with E-state index in [0.717, 1.165) is 22.3 Å². The summed E-state index contributed by atoms with van der Waals surface area (Å²) in [5.41, 5.74) is 5.18. The Morgan fingerprint density at radius 2 is 1.64 bits per heavy atom. The van der Waals surface area contributed by atoms with Crippen LogP contribution >= 0.6 is 0 Å². The van der Waals surface area contributed by atoms with Crippen LogP contribution < -0.4 is 24.8 Å². The van der Waals surface area contributed by atoms with Crippen molar-refractivity contribution < 1.29 is 19.0 Å². The molecule has 0 spiro atoms. The molecule has 33 heavy (non-hydrogen) atoms. The standard InChI is InChI=1S/C25H30N4O4/c1-17-20(11-8-12-21(17)19-9-6-5-7-10-19)16-33-25-28-23(31-3)22(24(29-25)32-4)15-26-13-14-27-18(2)30/h5-12,26H,13-16H2,1-4H3,(H,27,30). The maximum atomic E-state index is 11.0. The highest BCUT2D eigenvalue weighted by Crippen LogP contribution is 2.29. The van der Waals surface area contributed by atoms with E-state index < -0.39 is 0 Å². The van der Waals surface area contributed by atoms with Crippen LogP contribution in [0.3, 0.4) is 0 Å². The molecule has 0 atom stereocenters. The van der Waals surface area contributed by atoms with E-state index in [-0.39, 0.29) is 11.9 Å². The smallest absolute Gasteiger partial charge is 0.323 e. The lowest BCUT2D eigenvalue weighted by Crippen LogP contribution is -2.30. The Balaban J connectivity index is 1.72. The third-order valence-electron chi connectivity index (χ3n) is 5.16. The molecule has 8 nitrogen and oxygen atoms in total. The highest BCUT2D eigenvalue weighted by atomic mass is 16.5. The van der Waals surface area contributed by atoms with Crippen molar-refractivity contribution in [2.24, 2.45) is 0 Å². The lowest BCUT2D eigenvalue weighted by atomic mass is 9.97. The SMILES string of the molecule is COc1nc(OCc2cccc(-c3ccccc3)c2C)nc(OC)c1CNCCNC(C)=O. The van der Waals surface area contributed by atoms with Gasteiger partial charge in [0.25, 0.3) is 0 Å². The molecule has 1 heterocycles. The summed E-state index contributed by atoms with van der Waals surface area (Å²) in [6.45, 7) is 5.40. The molecule has 1 amide bonds. The van der Waals surface area contributed by atoms with E-state index in [4.69, 9.17) is 14.2 Å². The van der Waals surface area contributed by atoms with Crippen molar-refractivity contribution in [2.75, 3.05) is 27.3 Å². The minimum Gasteiger partial charge on any atom is -0.481 e. The van der Waals surface area contributed by atoms with Crippen LogP contribution in [-0.2, 0) is 17.9 Å². The fraction of sp³-hybridized carbons (Fsp3) is 0.320. The quantitative estimate of drug-likeness (QED) is 0.433. The number of hydrogen-bond acceptors (Lipinski definition) is 7. The topological polar surface area (TPSA) is 94.6 Å². The Morgan fingerprint density at radius 3 is 2.27 bits per heavy atom. The molecule has 0 saturated heterocycles. The van der Waals surface area contributed by atoms with Gasteiger partial charge in [0.15, 0.2) is 0 Å². The number of rotatable bonds is 11. The van der Waals surface area contributed by atoms with Crippen LogP contribution in [0.25, 0.3) is 11.1 Å². The minimum atomic E-state index is -0.0682. The molecule has 174 valence electrons. The second kappa shape index (κ2) is 11.8. The zero-order valence-electron chi connectivity index (χ0n) is 19.5. The average Bonchev–Trinajstić information content (AvgIpc) is 2.83. The summed E-state index contributed by atoms with van der Waals surface area (Å²) in [6.07, 6.45) is 0. The molecule has 2 aromatic carbocycles. The number of carbonyl (C=O) groups excluding carboxylic acids is 1. The van der Waals surface area contributed by atoms with E-state index >= 15 is 0 Å². The van der Waals surface area contributed by atoms with Crippen LogP contribution in [0.4, 0.5) is 0 Å². The number of nitrogens with zero attached hydrogens (tertiary/aromatic N) is 2. The molecule has 0 saturated carbocycles. The monoisotopic (exact) mass is 450 g/mol. The van der Waals surface area contributed by atoms with Crippen LogP contribution in [0, 0.1) is 6.92 Å². The molecule has 0 radical (unpaired) electrons. The van der Waals surface area contributed by atoms with Gasteiger partial charge in [-0.15, -0.1) is 0 Å². The number of aromatic nitrogens is 2. The lowest BCUT2D eigenvalue weighted by Gasteiger charge is -2.15. The normalized spacial score (nSPS) is 10.5. The van der Waals surface area contributed by atoms with E-state index in [1.165, 1.54) is 6.92 Å². The fourth-order valence-corrected chi connectivity index (χ4v) is 3.43. The number of amides is 1. The minimum absolute atomic E-state index is 0.0682. The third-order valence-corrected chi connectivity index (χ3v) is 5.16. The van der Waals surface area contributed by atoms with Gasteiger partial charge >= 0.3 is 6.01 Å². The second-order valence-corrected chi connectivity index (χ2v) is 7.41. The maximum Gasteiger partial charge on any atom is 0.323 e. The molecule has 0 aliphatic heterocycles. The van der Waals surface area contributed by atoms with Gasteiger partial charge in [-0.1, -0.05) is 48.5 Å². The maximum absolute atomic E-state index is 11.0. The summed E-state index contributed by atoms with van der Waals surface area (Å²) < 4.78 is 16.8. The van der Waals surface area contributed by atoms with Gasteiger partial charge in [-0.05, 0) is 29.2 Å². The summed E-state index contributed by atoms with van der Waals surface area (Å²) in [5.74, 6) is 0.679. The molecule has 2 N–H and O–H groups in total. The zero-order valence-corrected chi connectivity index (χ0v) is 19.5. The van der Waals surface area contributed by atoms with E-state index in [1.807, 2.05) is 30.3 Å². The lowest BCUT2D eigenvalue weighted by molar-refractivity contribution is -0.118. The first kappa shape index (κ1) is 24.0. The summed E-state index contributed by atoms with van der Waals surface area (Å²) in [7, 11) is 3.08. The number of nitrogens with one attached hydrogen (secondary N) is 2. The largest absolute Gasteiger partial charge is 0.481 e. The average molecular weight is 451 g/mol. The fourth-order valence-electron chi connectivity index (χ4n) is 3.43. The summed E-state index contributed by atoms with van der Waals surface area (Å²) in [5, 5.41) is 5.95. The number of benzene rings is 2. The molecule has 0 bridgehead atoms. The second-order valence-electron chi connectivity index (χ2n) is 7.41. The van der Waals surface area contributed by atoms with Crippen LogP contribution in [-0.4, -0.2) is 43.2 Å². The molecule has 8 heteroatoms. The van der Waals surface area contributed by atoms with Gasteiger partial charge in [0.05, 0.1) is 19.8 Å². The molecular formula is C25H30N4O4. The van der Waals surface area contributed by atoms with Gasteiger partial charge in [-0.3, -0.25) is 4.79 Å². The van der Waals surface area contributed by atoms with Crippen LogP contribution in [0.5, 0.6) is 17.8 Å². The zero-order chi connectivity index (χ0) is 23.6. The van der Waals surface area contributed by atoms with Gasteiger partial charge in [0.2, 0.25) is 17.7 Å². The van der Waals surface area contributed by atoms with Crippen LogP contribution in [0.2, 0.25) is 0 Å². The molecule has 0 aliphatic carbocycles. The molecule has 0 fully saturated rings. The highest BCUT2D eigenvalue weighted by molar-refractivity contribution is 5.72. The van der Waals surface area contributed by atoms with Crippen LogP contribution in [0.1, 0.15) is 23.6 Å². The van der Waals surface area contributed by atoms with Crippen molar-refractivity contribution in [2.45, 2.75) is 27.0 Å². The van der Waals surface area contributed by atoms with Crippen molar-refractivity contribution >= 4 is 5.91 Å². The number of carbonyl (C=O) groups is 1. The summed E-state index contributed by atoms with van der Waals surface area (Å²) in [4.78, 5) is 19.8. The van der Waals surface area contributed by atoms with Gasteiger partial charge in [-0.2, -0.15) is 9.97 Å². The number of hydrogen-bond donors (Lipinski definition) is 2. The Bertz CT molecular complexity index is 1050. The molecule has 0 unspecified atom stereocenters. The van der Waals surface area contributed by atoms with Crippen molar-refractivity contribution in [3.8, 4) is 28.9 Å². The summed E-state index contributed by atoms with van der Waals surface area (Å²) in [6, 6.07) is 16.6. The first-order valence-electron chi connectivity index (χ1n) is 10.7.